The van der Waals surface area contributed by atoms with Crippen molar-refractivity contribution in [2.75, 3.05) is 5.73 Å². The van der Waals surface area contributed by atoms with Gasteiger partial charge in [0.25, 0.3) is 0 Å². The molecule has 0 fully saturated rings. The van der Waals surface area contributed by atoms with Gasteiger partial charge in [-0.15, -0.1) is 5.10 Å². The van der Waals surface area contributed by atoms with Crippen LogP contribution in [0.25, 0.3) is 0 Å². The van der Waals surface area contributed by atoms with E-state index >= 15 is 0 Å². The van der Waals surface area contributed by atoms with Crippen LogP contribution in [0.4, 0.5) is 5.82 Å². The Labute approximate surface area is 92.8 Å². The number of halogens is 1. The van der Waals surface area contributed by atoms with Crippen LogP contribution in [0.1, 0.15) is 16.1 Å². The summed E-state index contributed by atoms with van der Waals surface area (Å²) in [6, 6.07) is 0. The topological polar surface area (TPSA) is 102 Å². The molecule has 8 heteroatoms. The van der Waals surface area contributed by atoms with E-state index < -0.39 is 0 Å². The highest BCUT2D eigenvalue weighted by Gasteiger charge is 2.21. The molecule has 2 rings (SSSR count). The number of aryl methyl sites for hydroxylation is 1. The largest absolute Gasteiger partial charge is 0.383 e. The highest BCUT2D eigenvalue weighted by atomic mass is 79.9. The molecular weight excluding hydrogens is 264 g/mol. The van der Waals surface area contributed by atoms with E-state index in [9.17, 15) is 4.79 Å². The van der Waals surface area contributed by atoms with Gasteiger partial charge in [0.05, 0.1) is 11.8 Å². The number of carbonyl (C=O) groups is 1. The summed E-state index contributed by atoms with van der Waals surface area (Å²) in [4.78, 5) is 12.0. The molecule has 0 unspecified atom stereocenters. The lowest BCUT2D eigenvalue weighted by Gasteiger charge is -1.98. The van der Waals surface area contributed by atoms with Gasteiger partial charge < -0.3 is 5.73 Å². The Bertz CT molecular complexity index is 496. The number of carbonyl (C=O) groups excluding carboxylic acids is 1. The van der Waals surface area contributed by atoms with E-state index in [-0.39, 0.29) is 11.6 Å². The van der Waals surface area contributed by atoms with Crippen LogP contribution in [0.3, 0.4) is 0 Å². The summed E-state index contributed by atoms with van der Waals surface area (Å²) in [5.74, 6) is -0.0475. The number of nitrogens with two attached hydrogens (primary N) is 1. The highest BCUT2D eigenvalue weighted by molar-refractivity contribution is 9.10. The van der Waals surface area contributed by atoms with Crippen LogP contribution in [0, 0.1) is 0 Å². The molecule has 7 nitrogen and oxygen atoms in total. The normalized spacial score (nSPS) is 10.5. The summed E-state index contributed by atoms with van der Waals surface area (Å²) in [7, 11) is 1.63. The van der Waals surface area contributed by atoms with E-state index in [1.54, 1.807) is 7.05 Å². The maximum Gasteiger partial charge on any atom is 0.219 e. The van der Waals surface area contributed by atoms with Crippen LogP contribution in [0.5, 0.6) is 0 Å². The molecule has 0 radical (unpaired) electrons. The zero-order chi connectivity index (χ0) is 11.0. The number of aromatic nitrogens is 5. The third kappa shape index (κ3) is 1.52. The fraction of sp³-hybridized carbons (Fsp3) is 0.143. The quantitative estimate of drug-likeness (QED) is 0.755. The van der Waals surface area contributed by atoms with E-state index in [0.717, 1.165) is 0 Å². The zero-order valence-electron chi connectivity index (χ0n) is 7.73. The SMILES string of the molecule is Cn1nnc(Br)c1C(=O)c1cn[nH]c1N. The molecule has 0 atom stereocenters. The number of aromatic amines is 1. The molecular formula is C7H7BrN6O. The molecule has 0 spiro atoms. The van der Waals surface area contributed by atoms with Crippen LogP contribution in [-0.4, -0.2) is 31.0 Å². The Hall–Kier alpha value is -1.70. The molecule has 15 heavy (non-hydrogen) atoms. The van der Waals surface area contributed by atoms with Gasteiger partial charge >= 0.3 is 0 Å². The molecule has 2 heterocycles. The first-order chi connectivity index (χ1) is 7.11. The van der Waals surface area contributed by atoms with Gasteiger partial charge in [-0.1, -0.05) is 5.21 Å². The molecule has 0 saturated heterocycles. The fourth-order valence-corrected chi connectivity index (χ4v) is 1.68. The van der Waals surface area contributed by atoms with Crippen molar-refractivity contribution in [3.8, 4) is 0 Å². The number of nitrogens with zero attached hydrogens (tertiary/aromatic N) is 4. The summed E-state index contributed by atoms with van der Waals surface area (Å²) in [5, 5.41) is 13.6. The fourth-order valence-electron chi connectivity index (χ4n) is 1.18. The lowest BCUT2D eigenvalue weighted by Crippen LogP contribution is -2.10. The van der Waals surface area contributed by atoms with Crippen molar-refractivity contribution in [2.45, 2.75) is 0 Å². The highest BCUT2D eigenvalue weighted by Crippen LogP contribution is 2.18. The summed E-state index contributed by atoms with van der Waals surface area (Å²) in [6.45, 7) is 0. The molecule has 0 aliphatic heterocycles. The summed E-state index contributed by atoms with van der Waals surface area (Å²) in [5.41, 5.74) is 6.19. The molecule has 0 aliphatic rings. The van der Waals surface area contributed by atoms with Crippen LogP contribution in [0.2, 0.25) is 0 Å². The van der Waals surface area contributed by atoms with Gasteiger partial charge in [0, 0.05) is 7.05 Å². The number of H-pyrrole nitrogens is 1. The minimum atomic E-state index is -0.277. The average molecular weight is 271 g/mol. The van der Waals surface area contributed by atoms with Crippen molar-refractivity contribution >= 4 is 27.5 Å². The van der Waals surface area contributed by atoms with Crippen molar-refractivity contribution in [2.24, 2.45) is 7.05 Å². The van der Waals surface area contributed by atoms with Crippen LogP contribution in [-0.2, 0) is 7.05 Å². The van der Waals surface area contributed by atoms with Crippen molar-refractivity contribution in [1.82, 2.24) is 25.2 Å². The van der Waals surface area contributed by atoms with Gasteiger partial charge in [0.2, 0.25) is 5.78 Å². The molecule has 0 aromatic carbocycles. The summed E-state index contributed by atoms with van der Waals surface area (Å²) < 4.78 is 1.76. The van der Waals surface area contributed by atoms with Gasteiger partial charge in [0.15, 0.2) is 4.60 Å². The van der Waals surface area contributed by atoms with Gasteiger partial charge in [-0.3, -0.25) is 9.89 Å². The minimum absolute atomic E-state index is 0.230. The first kappa shape index (κ1) is 9.84. The van der Waals surface area contributed by atoms with E-state index in [0.29, 0.717) is 15.9 Å². The standard InChI is InChI=1S/C7H7BrN6O/c1-14-4(6(8)11-13-14)5(15)3-2-10-12-7(3)9/h2H,1H3,(H3,9,10,12). The Morgan fingerprint density at radius 1 is 1.67 bits per heavy atom. The molecule has 0 saturated carbocycles. The third-order valence-corrected chi connectivity index (χ3v) is 2.45. The van der Waals surface area contributed by atoms with Gasteiger partial charge in [-0.2, -0.15) is 5.10 Å². The van der Waals surface area contributed by atoms with Crippen molar-refractivity contribution in [1.29, 1.82) is 0 Å². The maximum atomic E-state index is 12.0. The molecule has 0 aliphatic carbocycles. The number of hydrogen-bond donors (Lipinski definition) is 2. The molecule has 0 bridgehead atoms. The predicted molar refractivity (Wildman–Crippen MR) is 55.1 cm³/mol. The lowest BCUT2D eigenvalue weighted by atomic mass is 10.1. The van der Waals surface area contributed by atoms with Crippen molar-refractivity contribution in [3.63, 3.8) is 0 Å². The van der Waals surface area contributed by atoms with Gasteiger partial charge in [-0.25, -0.2) is 4.68 Å². The molecule has 2 aromatic heterocycles. The third-order valence-electron chi connectivity index (χ3n) is 1.91. The second-order valence-electron chi connectivity index (χ2n) is 2.88. The Kier molecular flexibility index (Phi) is 2.27. The van der Waals surface area contributed by atoms with Crippen LogP contribution in [0.15, 0.2) is 10.8 Å². The number of hydrogen-bond acceptors (Lipinski definition) is 5. The van der Waals surface area contributed by atoms with Gasteiger partial charge in [0.1, 0.15) is 11.5 Å². The monoisotopic (exact) mass is 270 g/mol. The first-order valence-corrected chi connectivity index (χ1v) is 4.79. The maximum absolute atomic E-state index is 12.0. The summed E-state index contributed by atoms with van der Waals surface area (Å²) in [6.07, 6.45) is 1.37. The number of nitrogens with one attached hydrogen (secondary N) is 1. The lowest BCUT2D eigenvalue weighted by molar-refractivity contribution is 0.103. The molecule has 78 valence electrons. The number of ketones is 1. The van der Waals surface area contributed by atoms with E-state index in [1.807, 2.05) is 0 Å². The average Bonchev–Trinajstić information content (AvgIpc) is 2.73. The first-order valence-electron chi connectivity index (χ1n) is 4.00. The molecule has 2 aromatic rings. The minimum Gasteiger partial charge on any atom is -0.383 e. The van der Waals surface area contributed by atoms with Crippen LogP contribution < -0.4 is 5.73 Å². The Balaban J connectivity index is 2.50. The second kappa shape index (κ2) is 3.46. The number of anilines is 1. The smallest absolute Gasteiger partial charge is 0.219 e. The van der Waals surface area contributed by atoms with E-state index in [2.05, 4.69) is 36.4 Å². The Morgan fingerprint density at radius 3 is 2.87 bits per heavy atom. The summed E-state index contributed by atoms with van der Waals surface area (Å²) >= 11 is 3.14. The molecule has 0 amide bonds. The predicted octanol–water partition coefficient (Wildman–Crippen LogP) is 0.114. The second-order valence-corrected chi connectivity index (χ2v) is 3.63. The van der Waals surface area contributed by atoms with E-state index in [1.165, 1.54) is 10.9 Å². The van der Waals surface area contributed by atoms with E-state index in [4.69, 9.17) is 5.73 Å². The van der Waals surface area contributed by atoms with Crippen molar-refractivity contribution < 1.29 is 4.79 Å². The number of rotatable bonds is 2. The Morgan fingerprint density at radius 2 is 2.40 bits per heavy atom. The van der Waals surface area contributed by atoms with Crippen molar-refractivity contribution in [3.05, 3.63) is 22.1 Å². The number of nitrogen functional groups attached to an aromatic ring is 1. The zero-order valence-corrected chi connectivity index (χ0v) is 9.32. The van der Waals surface area contributed by atoms with Gasteiger partial charge in [-0.05, 0) is 15.9 Å². The van der Waals surface area contributed by atoms with Crippen LogP contribution >= 0.6 is 15.9 Å². The molecule has 3 N–H and O–H groups in total.